The molecule has 27 heavy (non-hydrogen) atoms. The highest BCUT2D eigenvalue weighted by molar-refractivity contribution is 6.32. The summed E-state index contributed by atoms with van der Waals surface area (Å²) < 4.78 is 40.3. The number of aromatic nitrogens is 2. The molecule has 0 radical (unpaired) electrons. The molecule has 146 valence electrons. The van der Waals surface area contributed by atoms with Crippen LogP contribution in [-0.2, 0) is 0 Å². The van der Waals surface area contributed by atoms with Gasteiger partial charge in [0, 0.05) is 18.0 Å². The Hall–Kier alpha value is -1.73. The Bertz CT molecular complexity index is 873. The van der Waals surface area contributed by atoms with Gasteiger partial charge in [0.1, 0.15) is 10.8 Å². The average molecular weight is 420 g/mol. The quantitative estimate of drug-likeness (QED) is 0.722. The van der Waals surface area contributed by atoms with Gasteiger partial charge in [-0.05, 0) is 49.9 Å². The zero-order valence-electron chi connectivity index (χ0n) is 14.5. The Morgan fingerprint density at radius 3 is 2.22 bits per heavy atom. The molecule has 1 aliphatic carbocycles. The molecule has 1 aliphatic rings. The first kappa shape index (κ1) is 20.0. The summed E-state index contributed by atoms with van der Waals surface area (Å²) in [4.78, 5) is 17.3. The topological polar surface area (TPSA) is 46.9 Å². The van der Waals surface area contributed by atoms with Crippen molar-refractivity contribution in [3.63, 3.8) is 0 Å². The first-order chi connectivity index (χ1) is 12.7. The highest BCUT2D eigenvalue weighted by Crippen LogP contribution is 2.43. The molecule has 3 rings (SSSR count). The van der Waals surface area contributed by atoms with Gasteiger partial charge in [-0.15, -0.1) is 0 Å². The van der Waals surface area contributed by atoms with Crippen molar-refractivity contribution in [3.05, 3.63) is 50.5 Å². The van der Waals surface area contributed by atoms with Crippen molar-refractivity contribution < 1.29 is 13.2 Å². The first-order valence-electron chi connectivity index (χ1n) is 8.55. The lowest BCUT2D eigenvalue weighted by Gasteiger charge is -2.30. The third-order valence-corrected chi connectivity index (χ3v) is 5.52. The fraction of sp³-hybridized carbons (Fsp3) is 0.444. The van der Waals surface area contributed by atoms with Crippen molar-refractivity contribution in [2.45, 2.75) is 37.8 Å². The maximum atomic E-state index is 13.0. The summed E-state index contributed by atoms with van der Waals surface area (Å²) in [5.74, 6) is -0.937. The molecule has 0 spiro atoms. The molecule has 9 heteroatoms. The van der Waals surface area contributed by atoms with Crippen molar-refractivity contribution in [1.29, 1.82) is 0 Å². The van der Waals surface area contributed by atoms with E-state index < -0.39 is 17.7 Å². The van der Waals surface area contributed by atoms with Gasteiger partial charge < -0.3 is 5.32 Å². The Kier molecular flexibility index (Phi) is 5.72. The number of benzene rings is 1. The molecule has 0 saturated heterocycles. The normalized spacial score (nSPS) is 20.5. The van der Waals surface area contributed by atoms with E-state index >= 15 is 0 Å². The lowest BCUT2D eigenvalue weighted by atomic mass is 9.81. The number of rotatable bonds is 3. The highest BCUT2D eigenvalue weighted by Gasteiger charge is 2.42. The minimum atomic E-state index is -4.19. The third-order valence-electron chi connectivity index (χ3n) is 4.93. The lowest BCUT2D eigenvalue weighted by molar-refractivity contribution is -0.182. The maximum Gasteiger partial charge on any atom is 0.391 e. The van der Waals surface area contributed by atoms with Crippen LogP contribution in [0.25, 0.3) is 5.69 Å². The second-order valence-corrected chi connectivity index (χ2v) is 7.40. The van der Waals surface area contributed by atoms with Crippen LogP contribution in [0, 0.1) is 5.92 Å². The number of hydrogen-bond acceptors (Lipinski definition) is 3. The third kappa shape index (κ3) is 4.09. The number of halogens is 5. The Morgan fingerprint density at radius 1 is 1.11 bits per heavy atom. The van der Waals surface area contributed by atoms with Gasteiger partial charge in [-0.25, -0.2) is 4.98 Å². The molecule has 1 heterocycles. The summed E-state index contributed by atoms with van der Waals surface area (Å²) >= 11 is 12.1. The molecule has 0 aliphatic heterocycles. The van der Waals surface area contributed by atoms with Crippen LogP contribution in [-0.4, -0.2) is 22.8 Å². The van der Waals surface area contributed by atoms with Gasteiger partial charge in [0.2, 0.25) is 0 Å². The number of nitrogens with zero attached hydrogens (tertiary/aromatic N) is 2. The Morgan fingerprint density at radius 2 is 1.70 bits per heavy atom. The number of nitrogens with one attached hydrogen (secondary N) is 1. The van der Waals surface area contributed by atoms with Crippen LogP contribution in [0.2, 0.25) is 10.0 Å². The van der Waals surface area contributed by atoms with Crippen LogP contribution in [0.3, 0.4) is 0 Å². The van der Waals surface area contributed by atoms with E-state index in [4.69, 9.17) is 23.2 Å². The van der Waals surface area contributed by atoms with E-state index in [1.165, 1.54) is 4.57 Å². The Labute approximate surface area is 164 Å². The van der Waals surface area contributed by atoms with Gasteiger partial charge in [-0.3, -0.25) is 9.36 Å². The van der Waals surface area contributed by atoms with Crippen molar-refractivity contribution in [1.82, 2.24) is 9.55 Å². The predicted octanol–water partition coefficient (Wildman–Crippen LogP) is 5.42. The molecule has 2 aromatic rings. The zero-order valence-corrected chi connectivity index (χ0v) is 16.0. The lowest BCUT2D eigenvalue weighted by Crippen LogP contribution is -2.31. The molecule has 0 atom stereocenters. The smallest absolute Gasteiger partial charge is 0.372 e. The minimum Gasteiger partial charge on any atom is -0.372 e. The summed E-state index contributed by atoms with van der Waals surface area (Å²) in [6.07, 6.45) is -3.56. The first-order valence-corrected chi connectivity index (χ1v) is 9.30. The van der Waals surface area contributed by atoms with Crippen LogP contribution in [0.4, 0.5) is 19.0 Å². The van der Waals surface area contributed by atoms with Crippen LogP contribution >= 0.6 is 23.2 Å². The van der Waals surface area contributed by atoms with E-state index in [1.54, 1.807) is 31.3 Å². The average Bonchev–Trinajstić information content (AvgIpc) is 2.64. The van der Waals surface area contributed by atoms with Crippen molar-refractivity contribution in [3.8, 4) is 5.69 Å². The minimum absolute atomic E-state index is 0.0160. The van der Waals surface area contributed by atoms with Crippen molar-refractivity contribution >= 4 is 29.0 Å². The second kappa shape index (κ2) is 7.72. The monoisotopic (exact) mass is 419 g/mol. The summed E-state index contributed by atoms with van der Waals surface area (Å²) in [6, 6.07) is 6.58. The Balaban J connectivity index is 2.05. The summed E-state index contributed by atoms with van der Waals surface area (Å²) in [5.41, 5.74) is 0.0562. The molecular weight excluding hydrogens is 402 g/mol. The van der Waals surface area contributed by atoms with Gasteiger partial charge in [0.15, 0.2) is 5.82 Å². The van der Waals surface area contributed by atoms with E-state index in [0.29, 0.717) is 29.4 Å². The van der Waals surface area contributed by atoms with Gasteiger partial charge in [0.25, 0.3) is 5.56 Å². The largest absolute Gasteiger partial charge is 0.391 e. The number of hydrogen-bond donors (Lipinski definition) is 1. The molecule has 1 N–H and O–H groups in total. The molecule has 1 aromatic carbocycles. The fourth-order valence-electron chi connectivity index (χ4n) is 3.48. The zero-order chi connectivity index (χ0) is 19.8. The van der Waals surface area contributed by atoms with Crippen LogP contribution < -0.4 is 10.9 Å². The van der Waals surface area contributed by atoms with E-state index in [0.717, 1.165) is 0 Å². The van der Waals surface area contributed by atoms with Crippen molar-refractivity contribution in [2.75, 3.05) is 12.4 Å². The molecule has 0 amide bonds. The number of alkyl halides is 3. The standard InChI is InChI=1S/C18H18Cl2F3N3O/c1-24-15-14(20)17(27)26(13-8-6-12(19)7-9-13)16(25-15)10-2-4-11(5-3-10)18(21,22)23/h6-11,24H,2-5H2,1H3/t10-,11+. The van der Waals surface area contributed by atoms with E-state index in [9.17, 15) is 18.0 Å². The molecule has 1 fully saturated rings. The van der Waals surface area contributed by atoms with Crippen LogP contribution in [0.5, 0.6) is 0 Å². The van der Waals surface area contributed by atoms with Gasteiger partial charge in [-0.2, -0.15) is 13.2 Å². The highest BCUT2D eigenvalue weighted by atomic mass is 35.5. The van der Waals surface area contributed by atoms with Crippen LogP contribution in [0.15, 0.2) is 29.1 Å². The van der Waals surface area contributed by atoms with E-state index in [1.807, 2.05) is 0 Å². The number of anilines is 1. The summed E-state index contributed by atoms with van der Waals surface area (Å²) in [7, 11) is 1.59. The molecule has 4 nitrogen and oxygen atoms in total. The molecular formula is C18H18Cl2F3N3O. The summed E-state index contributed by atoms with van der Waals surface area (Å²) in [6.45, 7) is 0. The molecule has 1 saturated carbocycles. The fourth-order valence-corrected chi connectivity index (χ4v) is 3.82. The predicted molar refractivity (Wildman–Crippen MR) is 100 cm³/mol. The summed E-state index contributed by atoms with van der Waals surface area (Å²) in [5, 5.41) is 3.21. The SMILES string of the molecule is CNc1nc([C@H]2CC[C@@H](C(F)(F)F)CC2)n(-c2ccc(Cl)cc2)c(=O)c1Cl. The maximum absolute atomic E-state index is 13.0. The molecule has 0 bridgehead atoms. The van der Waals surface area contributed by atoms with E-state index in [2.05, 4.69) is 10.3 Å². The molecule has 0 unspecified atom stereocenters. The van der Waals surface area contributed by atoms with E-state index in [-0.39, 0.29) is 29.6 Å². The van der Waals surface area contributed by atoms with Crippen LogP contribution in [0.1, 0.15) is 37.4 Å². The molecule has 1 aromatic heterocycles. The van der Waals surface area contributed by atoms with Gasteiger partial charge in [-0.1, -0.05) is 23.2 Å². The van der Waals surface area contributed by atoms with Gasteiger partial charge >= 0.3 is 6.18 Å². The second-order valence-electron chi connectivity index (χ2n) is 6.59. The van der Waals surface area contributed by atoms with Gasteiger partial charge in [0.05, 0.1) is 11.6 Å². The van der Waals surface area contributed by atoms with Crippen molar-refractivity contribution in [2.24, 2.45) is 5.92 Å².